The van der Waals surface area contributed by atoms with Crippen LogP contribution >= 0.6 is 0 Å². The molecule has 5 heteroatoms. The highest BCUT2D eigenvalue weighted by atomic mass is 19.1. The standard InChI is InChI=1S/C18H19FN2O2/c19-16-8-6-14(7-9-16)3-2-10-20-17-5-1-4-15(13-17)18(23)21-11-12-22/h1-9,13,20,22H,10-12H2,(H,21,23)/b3-2+. The first-order chi connectivity index (χ1) is 11.2. The number of anilines is 1. The lowest BCUT2D eigenvalue weighted by molar-refractivity contribution is 0.0945. The number of aliphatic hydroxyl groups excluding tert-OH is 1. The van der Waals surface area contributed by atoms with Gasteiger partial charge < -0.3 is 15.7 Å². The molecule has 0 aliphatic heterocycles. The summed E-state index contributed by atoms with van der Waals surface area (Å²) in [4.78, 5) is 11.8. The number of hydrogen-bond acceptors (Lipinski definition) is 3. The molecule has 0 aromatic heterocycles. The predicted octanol–water partition coefficient (Wildman–Crippen LogP) is 2.67. The van der Waals surface area contributed by atoms with Crippen molar-refractivity contribution in [3.8, 4) is 0 Å². The smallest absolute Gasteiger partial charge is 0.251 e. The van der Waals surface area contributed by atoms with E-state index in [0.717, 1.165) is 11.3 Å². The van der Waals surface area contributed by atoms with Crippen molar-refractivity contribution in [2.24, 2.45) is 0 Å². The molecule has 0 unspecified atom stereocenters. The minimum Gasteiger partial charge on any atom is -0.395 e. The van der Waals surface area contributed by atoms with E-state index in [1.165, 1.54) is 12.1 Å². The van der Waals surface area contributed by atoms with E-state index in [9.17, 15) is 9.18 Å². The van der Waals surface area contributed by atoms with Crippen LogP contribution in [0.4, 0.5) is 10.1 Å². The lowest BCUT2D eigenvalue weighted by Crippen LogP contribution is -2.26. The zero-order chi connectivity index (χ0) is 16.5. The molecule has 120 valence electrons. The van der Waals surface area contributed by atoms with Crippen LogP contribution in [0, 0.1) is 5.82 Å². The Bertz CT molecular complexity index is 669. The van der Waals surface area contributed by atoms with Gasteiger partial charge in [-0.3, -0.25) is 4.79 Å². The second kappa shape index (κ2) is 8.70. The summed E-state index contributed by atoms with van der Waals surface area (Å²) < 4.78 is 12.8. The second-order valence-corrected chi connectivity index (χ2v) is 4.90. The van der Waals surface area contributed by atoms with Gasteiger partial charge in [-0.1, -0.05) is 30.4 Å². The molecule has 3 N–H and O–H groups in total. The maximum Gasteiger partial charge on any atom is 0.251 e. The molecular formula is C18H19FN2O2. The van der Waals surface area contributed by atoms with E-state index in [1.54, 1.807) is 30.3 Å². The van der Waals surface area contributed by atoms with E-state index in [-0.39, 0.29) is 24.9 Å². The van der Waals surface area contributed by atoms with Crippen LogP contribution in [0.3, 0.4) is 0 Å². The zero-order valence-corrected chi connectivity index (χ0v) is 12.6. The van der Waals surface area contributed by atoms with Crippen LogP contribution in [0.15, 0.2) is 54.6 Å². The fourth-order valence-electron chi connectivity index (χ4n) is 1.99. The Morgan fingerprint density at radius 2 is 1.96 bits per heavy atom. The molecule has 1 amide bonds. The molecule has 23 heavy (non-hydrogen) atoms. The van der Waals surface area contributed by atoms with Gasteiger partial charge in [-0.25, -0.2) is 4.39 Å². The quantitative estimate of drug-likeness (QED) is 0.736. The maximum absolute atomic E-state index is 12.8. The molecule has 2 aromatic carbocycles. The highest BCUT2D eigenvalue weighted by molar-refractivity contribution is 5.95. The Morgan fingerprint density at radius 1 is 1.17 bits per heavy atom. The largest absolute Gasteiger partial charge is 0.395 e. The van der Waals surface area contributed by atoms with Gasteiger partial charge in [0.2, 0.25) is 0 Å². The third-order valence-corrected chi connectivity index (χ3v) is 3.13. The summed E-state index contributed by atoms with van der Waals surface area (Å²) >= 11 is 0. The van der Waals surface area contributed by atoms with Gasteiger partial charge in [0, 0.05) is 24.3 Å². The number of nitrogens with one attached hydrogen (secondary N) is 2. The maximum atomic E-state index is 12.8. The van der Waals surface area contributed by atoms with Gasteiger partial charge in [0.15, 0.2) is 0 Å². The van der Waals surface area contributed by atoms with Crippen LogP contribution in [0.5, 0.6) is 0 Å². The van der Waals surface area contributed by atoms with Crippen LogP contribution in [0.1, 0.15) is 15.9 Å². The average molecular weight is 314 g/mol. The molecule has 0 atom stereocenters. The molecule has 0 spiro atoms. The number of carbonyl (C=O) groups excluding carboxylic acids is 1. The molecule has 0 aliphatic rings. The summed E-state index contributed by atoms with van der Waals surface area (Å²) in [5.41, 5.74) is 2.28. The molecule has 0 aliphatic carbocycles. The van der Waals surface area contributed by atoms with E-state index in [0.29, 0.717) is 12.1 Å². The molecule has 2 rings (SSSR count). The third kappa shape index (κ3) is 5.56. The van der Waals surface area contributed by atoms with Crippen LogP contribution in [0.25, 0.3) is 6.08 Å². The Kier molecular flexibility index (Phi) is 6.32. The van der Waals surface area contributed by atoms with Gasteiger partial charge in [0.05, 0.1) is 6.61 Å². The van der Waals surface area contributed by atoms with Crippen molar-refractivity contribution < 1.29 is 14.3 Å². The summed E-state index contributed by atoms with van der Waals surface area (Å²) in [6.07, 6.45) is 3.82. The van der Waals surface area contributed by atoms with Crippen molar-refractivity contribution in [1.29, 1.82) is 0 Å². The number of aliphatic hydroxyl groups is 1. The molecule has 0 saturated heterocycles. The number of halogens is 1. The lowest BCUT2D eigenvalue weighted by Gasteiger charge is -2.07. The Hall–Kier alpha value is -2.66. The van der Waals surface area contributed by atoms with E-state index in [1.807, 2.05) is 18.2 Å². The van der Waals surface area contributed by atoms with Gasteiger partial charge in [-0.2, -0.15) is 0 Å². The molecule has 4 nitrogen and oxygen atoms in total. The van der Waals surface area contributed by atoms with Crippen molar-refractivity contribution in [1.82, 2.24) is 5.32 Å². The van der Waals surface area contributed by atoms with Gasteiger partial charge in [0.25, 0.3) is 5.91 Å². The van der Waals surface area contributed by atoms with Gasteiger partial charge in [-0.05, 0) is 35.9 Å². The van der Waals surface area contributed by atoms with E-state index in [4.69, 9.17) is 5.11 Å². The fraction of sp³-hybridized carbons (Fsp3) is 0.167. The molecule has 2 aromatic rings. The first-order valence-electron chi connectivity index (χ1n) is 7.34. The van der Waals surface area contributed by atoms with E-state index in [2.05, 4.69) is 10.6 Å². The summed E-state index contributed by atoms with van der Waals surface area (Å²) in [6, 6.07) is 13.4. The highest BCUT2D eigenvalue weighted by Gasteiger charge is 2.04. The lowest BCUT2D eigenvalue weighted by atomic mass is 10.2. The van der Waals surface area contributed by atoms with Crippen LogP contribution in [-0.2, 0) is 0 Å². The summed E-state index contributed by atoms with van der Waals surface area (Å²) in [5, 5.41) is 14.5. The predicted molar refractivity (Wildman–Crippen MR) is 89.8 cm³/mol. The Labute approximate surface area is 134 Å². The molecule has 0 heterocycles. The van der Waals surface area contributed by atoms with Crippen molar-refractivity contribution in [3.63, 3.8) is 0 Å². The third-order valence-electron chi connectivity index (χ3n) is 3.13. The van der Waals surface area contributed by atoms with Crippen molar-refractivity contribution >= 4 is 17.7 Å². The van der Waals surface area contributed by atoms with Crippen molar-refractivity contribution in [2.45, 2.75) is 0 Å². The molecule has 0 fully saturated rings. The molecule has 0 bridgehead atoms. The number of benzene rings is 2. The van der Waals surface area contributed by atoms with Gasteiger partial charge in [0.1, 0.15) is 5.82 Å². The van der Waals surface area contributed by atoms with Crippen LogP contribution in [-0.4, -0.2) is 30.7 Å². The van der Waals surface area contributed by atoms with Gasteiger partial charge >= 0.3 is 0 Å². The molecule has 0 radical (unpaired) electrons. The average Bonchev–Trinajstić information content (AvgIpc) is 2.58. The second-order valence-electron chi connectivity index (χ2n) is 4.90. The number of hydrogen-bond donors (Lipinski definition) is 3. The summed E-state index contributed by atoms with van der Waals surface area (Å²) in [5.74, 6) is -0.471. The monoisotopic (exact) mass is 314 g/mol. The number of carbonyl (C=O) groups is 1. The van der Waals surface area contributed by atoms with Crippen molar-refractivity contribution in [2.75, 3.05) is 25.0 Å². The normalized spacial score (nSPS) is 10.7. The van der Waals surface area contributed by atoms with Crippen molar-refractivity contribution in [3.05, 3.63) is 71.6 Å². The Balaban J connectivity index is 1.88. The first-order valence-corrected chi connectivity index (χ1v) is 7.34. The van der Waals surface area contributed by atoms with E-state index < -0.39 is 0 Å². The number of rotatable bonds is 7. The topological polar surface area (TPSA) is 61.4 Å². The number of amides is 1. The summed E-state index contributed by atoms with van der Waals surface area (Å²) in [6.45, 7) is 0.730. The molecular weight excluding hydrogens is 295 g/mol. The minimum atomic E-state index is -0.253. The first kappa shape index (κ1) is 16.7. The SMILES string of the molecule is O=C(NCCO)c1cccc(NC/C=C/c2ccc(F)cc2)c1. The van der Waals surface area contributed by atoms with Gasteiger partial charge in [-0.15, -0.1) is 0 Å². The van der Waals surface area contributed by atoms with E-state index >= 15 is 0 Å². The Morgan fingerprint density at radius 3 is 2.70 bits per heavy atom. The van der Waals surface area contributed by atoms with Crippen LogP contribution in [0.2, 0.25) is 0 Å². The molecule has 0 saturated carbocycles. The summed E-state index contributed by atoms with van der Waals surface area (Å²) in [7, 11) is 0. The van der Waals surface area contributed by atoms with Crippen LogP contribution < -0.4 is 10.6 Å². The zero-order valence-electron chi connectivity index (χ0n) is 12.6. The highest BCUT2D eigenvalue weighted by Crippen LogP contribution is 2.11. The fourth-order valence-corrected chi connectivity index (χ4v) is 1.99. The minimum absolute atomic E-state index is 0.0855.